The Balaban J connectivity index is 1.41. The van der Waals surface area contributed by atoms with Crippen molar-refractivity contribution in [3.05, 3.63) is 95.8 Å². The van der Waals surface area contributed by atoms with E-state index in [9.17, 15) is 18.0 Å². The van der Waals surface area contributed by atoms with E-state index >= 15 is 0 Å². The molecule has 4 rings (SSSR count). The van der Waals surface area contributed by atoms with Gasteiger partial charge in [-0.1, -0.05) is 47.6 Å². The lowest BCUT2D eigenvalue weighted by molar-refractivity contribution is -0.211. The van der Waals surface area contributed by atoms with Gasteiger partial charge in [-0.2, -0.15) is 13.2 Å². The lowest BCUT2D eigenvalue weighted by Gasteiger charge is -2.27. The fourth-order valence-electron chi connectivity index (χ4n) is 4.30. The van der Waals surface area contributed by atoms with Gasteiger partial charge in [0.1, 0.15) is 37.4 Å². The maximum absolute atomic E-state index is 12.7. The van der Waals surface area contributed by atoms with Crippen molar-refractivity contribution < 1.29 is 37.0 Å². The zero-order chi connectivity index (χ0) is 29.5. The summed E-state index contributed by atoms with van der Waals surface area (Å²) in [6.45, 7) is 0.563. The highest BCUT2D eigenvalue weighted by Crippen LogP contribution is 2.25. The number of methoxy groups -OCH3 is 1. The van der Waals surface area contributed by atoms with Crippen LogP contribution in [0.1, 0.15) is 23.7 Å². The summed E-state index contributed by atoms with van der Waals surface area (Å²) in [6.07, 6.45) is -2.74. The Morgan fingerprint density at radius 3 is 2.37 bits per heavy atom. The number of pyridine rings is 1. The smallest absolute Gasteiger partial charge is 0.411 e. The molecule has 0 saturated heterocycles. The third-order valence-electron chi connectivity index (χ3n) is 6.32. The minimum Gasteiger partial charge on any atom is -0.492 e. The van der Waals surface area contributed by atoms with Gasteiger partial charge in [0.15, 0.2) is 5.60 Å². The van der Waals surface area contributed by atoms with Gasteiger partial charge in [-0.15, -0.1) is 0 Å². The molecule has 2 heterocycles. The first kappa shape index (κ1) is 29.6. The minimum atomic E-state index is -4.57. The van der Waals surface area contributed by atoms with Crippen molar-refractivity contribution in [2.75, 3.05) is 27.4 Å². The van der Waals surface area contributed by atoms with E-state index < -0.39 is 24.4 Å². The Morgan fingerprint density at radius 2 is 1.71 bits per heavy atom. The second-order valence-corrected chi connectivity index (χ2v) is 9.40. The second-order valence-electron chi connectivity index (χ2n) is 9.40. The van der Waals surface area contributed by atoms with E-state index in [2.05, 4.69) is 9.89 Å². The number of ether oxygens (including phenoxy) is 3. The van der Waals surface area contributed by atoms with Crippen molar-refractivity contribution in [3.8, 4) is 5.75 Å². The number of aromatic nitrogens is 2. The topological polar surface area (TPSA) is 84.2 Å². The van der Waals surface area contributed by atoms with Crippen LogP contribution < -0.4 is 4.74 Å². The Morgan fingerprint density at radius 1 is 0.976 bits per heavy atom. The largest absolute Gasteiger partial charge is 0.492 e. The molecule has 1 atom stereocenters. The molecule has 0 fully saturated rings. The van der Waals surface area contributed by atoms with Gasteiger partial charge in [0.05, 0.1) is 19.3 Å². The summed E-state index contributed by atoms with van der Waals surface area (Å²) in [6, 6.07) is 22.2. The summed E-state index contributed by atoms with van der Waals surface area (Å²) in [4.78, 5) is 22.1. The number of alkyl halides is 3. The van der Waals surface area contributed by atoms with Gasteiger partial charge < -0.3 is 23.6 Å². The van der Waals surface area contributed by atoms with Crippen LogP contribution in [0.5, 0.6) is 5.75 Å². The van der Waals surface area contributed by atoms with Gasteiger partial charge in [-0.05, 0) is 42.8 Å². The summed E-state index contributed by atoms with van der Waals surface area (Å²) in [7, 11) is 2.60. The molecule has 2 aromatic heterocycles. The van der Waals surface area contributed by atoms with Crippen molar-refractivity contribution in [2.24, 2.45) is 5.16 Å². The fourth-order valence-corrected chi connectivity index (χ4v) is 4.30. The van der Waals surface area contributed by atoms with E-state index in [0.29, 0.717) is 35.9 Å². The van der Waals surface area contributed by atoms with Gasteiger partial charge in [-0.3, -0.25) is 0 Å². The number of hydrogen-bond acceptors (Lipinski definition) is 7. The van der Waals surface area contributed by atoms with Crippen LogP contribution in [0.4, 0.5) is 13.2 Å². The SMILES string of the molecule is CO/N=C(\c1ccccc1)c1ccc2ccn(CCOc3ccc(C[C@](C)(OCC(F)(F)F)C(=O)OC)cc3)c2n1. The van der Waals surface area contributed by atoms with Gasteiger partial charge in [0.25, 0.3) is 0 Å². The fraction of sp³-hybridized carbons (Fsp3) is 0.300. The predicted octanol–water partition coefficient (Wildman–Crippen LogP) is 5.57. The molecular weight excluding hydrogens is 539 g/mol. The number of oxime groups is 1. The van der Waals surface area contributed by atoms with Gasteiger partial charge in [0, 0.05) is 23.6 Å². The Bertz CT molecular complexity index is 1490. The first-order valence-electron chi connectivity index (χ1n) is 12.8. The summed E-state index contributed by atoms with van der Waals surface area (Å²) < 4.78 is 55.6. The number of esters is 1. The number of carbonyl (C=O) groups is 1. The molecule has 0 bridgehead atoms. The molecule has 4 aromatic rings. The number of carbonyl (C=O) groups excluding carboxylic acids is 1. The molecule has 0 saturated carbocycles. The molecule has 0 amide bonds. The van der Waals surface area contributed by atoms with Crippen molar-refractivity contribution in [2.45, 2.75) is 31.7 Å². The van der Waals surface area contributed by atoms with Crippen LogP contribution in [-0.2, 0) is 32.1 Å². The molecule has 8 nitrogen and oxygen atoms in total. The number of benzene rings is 2. The second kappa shape index (κ2) is 12.9. The summed E-state index contributed by atoms with van der Waals surface area (Å²) in [5.41, 5.74) is 1.73. The van der Waals surface area contributed by atoms with E-state index in [4.69, 9.17) is 19.3 Å². The zero-order valence-electron chi connectivity index (χ0n) is 22.9. The predicted molar refractivity (Wildman–Crippen MR) is 147 cm³/mol. The van der Waals surface area contributed by atoms with Gasteiger partial charge >= 0.3 is 12.1 Å². The highest BCUT2D eigenvalue weighted by Gasteiger charge is 2.40. The van der Waals surface area contributed by atoms with Crippen LogP contribution in [0, 0.1) is 0 Å². The molecule has 0 aliphatic carbocycles. The third-order valence-corrected chi connectivity index (χ3v) is 6.32. The van der Waals surface area contributed by atoms with E-state index in [1.807, 2.05) is 59.3 Å². The lowest BCUT2D eigenvalue weighted by atomic mass is 9.96. The molecule has 0 spiro atoms. The van der Waals surface area contributed by atoms with Crippen LogP contribution in [0.2, 0.25) is 0 Å². The Labute approximate surface area is 235 Å². The average molecular weight is 570 g/mol. The first-order valence-corrected chi connectivity index (χ1v) is 12.8. The number of rotatable bonds is 12. The molecule has 0 radical (unpaired) electrons. The van der Waals surface area contributed by atoms with Crippen molar-refractivity contribution in [3.63, 3.8) is 0 Å². The number of fused-ring (bicyclic) bond motifs is 1. The quantitative estimate of drug-likeness (QED) is 0.126. The highest BCUT2D eigenvalue weighted by molar-refractivity contribution is 6.12. The summed E-state index contributed by atoms with van der Waals surface area (Å²) in [5, 5.41) is 5.15. The molecule has 0 N–H and O–H groups in total. The molecule has 0 unspecified atom stereocenters. The first-order chi connectivity index (χ1) is 19.6. The minimum absolute atomic E-state index is 0.100. The van der Waals surface area contributed by atoms with Crippen molar-refractivity contribution >= 4 is 22.7 Å². The van der Waals surface area contributed by atoms with Gasteiger partial charge in [0.2, 0.25) is 0 Å². The normalized spacial score (nSPS) is 13.6. The molecule has 216 valence electrons. The Hall–Kier alpha value is -4.38. The Kier molecular flexibility index (Phi) is 9.28. The van der Waals surface area contributed by atoms with E-state index in [-0.39, 0.29) is 6.42 Å². The number of nitrogens with zero attached hydrogens (tertiary/aromatic N) is 3. The molecule has 0 aliphatic rings. The van der Waals surface area contributed by atoms with Gasteiger partial charge in [-0.25, -0.2) is 9.78 Å². The van der Waals surface area contributed by atoms with Crippen LogP contribution in [0.3, 0.4) is 0 Å². The number of hydrogen-bond donors (Lipinski definition) is 0. The molecular formula is C30H30F3N3O5. The molecule has 2 aromatic carbocycles. The lowest BCUT2D eigenvalue weighted by Crippen LogP contribution is -2.44. The summed E-state index contributed by atoms with van der Waals surface area (Å²) >= 11 is 0. The third kappa shape index (κ3) is 7.63. The van der Waals surface area contributed by atoms with Crippen LogP contribution in [0.25, 0.3) is 11.0 Å². The van der Waals surface area contributed by atoms with Crippen LogP contribution >= 0.6 is 0 Å². The van der Waals surface area contributed by atoms with Crippen LogP contribution in [0.15, 0.2) is 84.1 Å². The summed E-state index contributed by atoms with van der Waals surface area (Å²) in [5.74, 6) is -0.324. The van der Waals surface area contributed by atoms with E-state index in [0.717, 1.165) is 23.7 Å². The molecule has 0 aliphatic heterocycles. The zero-order valence-corrected chi connectivity index (χ0v) is 22.9. The maximum Gasteiger partial charge on any atom is 0.411 e. The molecule has 11 heteroatoms. The van der Waals surface area contributed by atoms with E-state index in [1.54, 1.807) is 24.3 Å². The molecule has 41 heavy (non-hydrogen) atoms. The van der Waals surface area contributed by atoms with Crippen molar-refractivity contribution in [1.29, 1.82) is 0 Å². The highest BCUT2D eigenvalue weighted by atomic mass is 19.4. The van der Waals surface area contributed by atoms with E-state index in [1.165, 1.54) is 14.0 Å². The maximum atomic E-state index is 12.7. The van der Waals surface area contributed by atoms with Crippen LogP contribution in [-0.4, -0.2) is 60.4 Å². The number of halogens is 3. The average Bonchev–Trinajstić information content (AvgIpc) is 3.37. The standard InChI is InChI=1S/C30H30F3N3O5/c1-29(28(37)38-2,41-20-30(31,32)33)19-21-9-12-24(13-10-21)40-18-17-36-16-15-23-11-14-25(34-27(23)36)26(35-39-3)22-7-5-4-6-8-22/h4-16H,17-20H2,1-3H3/b35-26+/t29-/m0/s1. The monoisotopic (exact) mass is 569 g/mol. The van der Waals surface area contributed by atoms with Crippen molar-refractivity contribution in [1.82, 2.24) is 9.55 Å².